The zero-order chi connectivity index (χ0) is 27.3. The number of benzene rings is 2. The summed E-state index contributed by atoms with van der Waals surface area (Å²) in [6.07, 6.45) is -1.38. The fraction of sp³-hybridized carbons (Fsp3) is 0.320. The Morgan fingerprint density at radius 1 is 1.00 bits per heavy atom. The molecule has 0 bridgehead atoms. The van der Waals surface area contributed by atoms with Gasteiger partial charge in [-0.25, -0.2) is 27.2 Å². The van der Waals surface area contributed by atoms with Crippen LogP contribution in [0.1, 0.15) is 30.7 Å². The molecule has 2 unspecified atom stereocenters. The summed E-state index contributed by atoms with van der Waals surface area (Å²) in [5, 5.41) is 2.71. The number of nitrogens with one attached hydrogen (secondary N) is 1. The van der Waals surface area contributed by atoms with Crippen LogP contribution in [-0.2, 0) is 27.5 Å². The van der Waals surface area contributed by atoms with Crippen LogP contribution in [0.3, 0.4) is 0 Å². The highest BCUT2D eigenvalue weighted by atomic mass is 32.2. The third kappa shape index (κ3) is 4.53. The summed E-state index contributed by atoms with van der Waals surface area (Å²) in [4.78, 5) is 19.9. The summed E-state index contributed by atoms with van der Waals surface area (Å²) in [6.45, 7) is -0.0141. The van der Waals surface area contributed by atoms with Gasteiger partial charge in [0.15, 0.2) is 0 Å². The Bertz CT molecular complexity index is 1480. The highest BCUT2D eigenvalue weighted by Crippen LogP contribution is 2.52. The molecule has 2 fully saturated rings. The van der Waals surface area contributed by atoms with Gasteiger partial charge in [0.1, 0.15) is 17.2 Å². The SMILES string of the molecule is O=C(NCc1cc(F)cc(-c2cnc(C(F)(F)F)nc2)c1)C12CCC1CCN2S(=O)(=O)c1ccc(F)cc1. The van der Waals surface area contributed by atoms with Gasteiger partial charge in [-0.1, -0.05) is 0 Å². The molecule has 1 amide bonds. The zero-order valence-electron chi connectivity index (χ0n) is 19.7. The van der Waals surface area contributed by atoms with E-state index in [1.54, 1.807) is 0 Å². The van der Waals surface area contributed by atoms with Crippen molar-refractivity contribution < 1.29 is 35.2 Å². The zero-order valence-corrected chi connectivity index (χ0v) is 20.5. The van der Waals surface area contributed by atoms with Crippen molar-refractivity contribution in [1.29, 1.82) is 0 Å². The van der Waals surface area contributed by atoms with Crippen LogP contribution in [0.25, 0.3) is 11.1 Å². The Morgan fingerprint density at radius 2 is 1.68 bits per heavy atom. The third-order valence-electron chi connectivity index (χ3n) is 7.12. The summed E-state index contributed by atoms with van der Waals surface area (Å²) in [6, 6.07) is 8.13. The van der Waals surface area contributed by atoms with Gasteiger partial charge >= 0.3 is 6.18 Å². The second kappa shape index (κ2) is 9.38. The number of hydrogen-bond acceptors (Lipinski definition) is 5. The van der Waals surface area contributed by atoms with E-state index in [1.165, 1.54) is 10.4 Å². The molecule has 38 heavy (non-hydrogen) atoms. The first-order valence-electron chi connectivity index (χ1n) is 11.7. The number of halogens is 5. The van der Waals surface area contributed by atoms with E-state index in [4.69, 9.17) is 0 Å². The van der Waals surface area contributed by atoms with Gasteiger partial charge in [-0.2, -0.15) is 17.5 Å². The molecule has 1 N–H and O–H groups in total. The lowest BCUT2D eigenvalue weighted by Crippen LogP contribution is -2.64. The van der Waals surface area contributed by atoms with Crippen molar-refractivity contribution in [3.05, 3.63) is 77.9 Å². The number of aromatic nitrogens is 2. The van der Waals surface area contributed by atoms with E-state index < -0.39 is 45.1 Å². The minimum absolute atomic E-state index is 0.118. The molecule has 3 aromatic rings. The molecule has 2 heterocycles. The van der Waals surface area contributed by atoms with Crippen molar-refractivity contribution in [2.75, 3.05) is 6.54 Å². The first kappa shape index (κ1) is 26.2. The second-order valence-electron chi connectivity index (χ2n) is 9.30. The summed E-state index contributed by atoms with van der Waals surface area (Å²) >= 11 is 0. The lowest BCUT2D eigenvalue weighted by Gasteiger charge is -2.47. The molecule has 2 atom stereocenters. The van der Waals surface area contributed by atoms with Crippen LogP contribution in [-0.4, -0.2) is 40.7 Å². The highest BCUT2D eigenvalue weighted by Gasteiger charge is 2.63. The number of carbonyl (C=O) groups excluding carboxylic acids is 1. The molecular weight excluding hydrogens is 531 g/mol. The maximum Gasteiger partial charge on any atom is 0.451 e. The number of hydrogen-bond donors (Lipinski definition) is 1. The van der Waals surface area contributed by atoms with Crippen LogP contribution in [0, 0.1) is 17.6 Å². The Hall–Kier alpha value is -3.45. The Kier molecular flexibility index (Phi) is 6.46. The summed E-state index contributed by atoms with van der Waals surface area (Å²) in [7, 11) is -4.08. The van der Waals surface area contributed by atoms with E-state index in [0.29, 0.717) is 24.8 Å². The van der Waals surface area contributed by atoms with Gasteiger partial charge < -0.3 is 5.32 Å². The fourth-order valence-electron chi connectivity index (χ4n) is 5.16. The van der Waals surface area contributed by atoms with Gasteiger partial charge in [0.2, 0.25) is 21.8 Å². The fourth-order valence-corrected chi connectivity index (χ4v) is 7.00. The molecule has 7 nitrogen and oxygen atoms in total. The number of fused-ring (bicyclic) bond motifs is 1. The van der Waals surface area contributed by atoms with E-state index in [0.717, 1.165) is 48.8 Å². The summed E-state index contributed by atoms with van der Waals surface area (Å²) in [5.74, 6) is -3.31. The quantitative estimate of drug-likeness (QED) is 0.461. The van der Waals surface area contributed by atoms with Gasteiger partial charge in [-0.15, -0.1) is 0 Å². The Balaban J connectivity index is 1.36. The second-order valence-corrected chi connectivity index (χ2v) is 11.2. The van der Waals surface area contributed by atoms with Crippen LogP contribution in [0.2, 0.25) is 0 Å². The first-order valence-corrected chi connectivity index (χ1v) is 13.1. The van der Waals surface area contributed by atoms with Crippen LogP contribution in [0.15, 0.2) is 59.8 Å². The molecular formula is C25H21F5N4O3S. The number of amides is 1. The highest BCUT2D eigenvalue weighted by molar-refractivity contribution is 7.89. The average molecular weight is 553 g/mol. The van der Waals surface area contributed by atoms with E-state index in [-0.39, 0.29) is 35.0 Å². The molecule has 2 aromatic carbocycles. The van der Waals surface area contributed by atoms with Crippen molar-refractivity contribution in [2.45, 2.75) is 42.4 Å². The molecule has 5 rings (SSSR count). The normalized spacial score (nSPS) is 21.6. The van der Waals surface area contributed by atoms with E-state index >= 15 is 0 Å². The molecule has 0 radical (unpaired) electrons. The largest absolute Gasteiger partial charge is 0.451 e. The number of rotatable bonds is 6. The monoisotopic (exact) mass is 552 g/mol. The lowest BCUT2D eigenvalue weighted by atomic mass is 9.67. The third-order valence-corrected chi connectivity index (χ3v) is 9.08. The molecule has 1 aromatic heterocycles. The summed E-state index contributed by atoms with van der Waals surface area (Å²) < 4.78 is 93.8. The predicted molar refractivity (Wildman–Crippen MR) is 125 cm³/mol. The molecule has 0 spiro atoms. The molecule has 1 aliphatic carbocycles. The van der Waals surface area contributed by atoms with Crippen LogP contribution >= 0.6 is 0 Å². The van der Waals surface area contributed by atoms with Crippen LogP contribution in [0.5, 0.6) is 0 Å². The maximum absolute atomic E-state index is 14.3. The molecule has 2 aliphatic rings. The molecule has 200 valence electrons. The number of carbonyl (C=O) groups is 1. The minimum Gasteiger partial charge on any atom is -0.350 e. The number of alkyl halides is 3. The van der Waals surface area contributed by atoms with Crippen molar-refractivity contribution in [3.8, 4) is 11.1 Å². The van der Waals surface area contributed by atoms with Crippen molar-refractivity contribution in [2.24, 2.45) is 5.92 Å². The Labute approximate surface area is 214 Å². The van der Waals surface area contributed by atoms with Gasteiger partial charge in [0.05, 0.1) is 4.90 Å². The summed E-state index contributed by atoms with van der Waals surface area (Å²) in [5.41, 5.74) is -0.629. The van der Waals surface area contributed by atoms with Crippen LogP contribution < -0.4 is 5.32 Å². The predicted octanol–water partition coefficient (Wildman–Crippen LogP) is 4.30. The van der Waals surface area contributed by atoms with Crippen molar-refractivity contribution in [1.82, 2.24) is 19.6 Å². The van der Waals surface area contributed by atoms with Crippen LogP contribution in [0.4, 0.5) is 22.0 Å². The minimum atomic E-state index is -4.72. The van der Waals surface area contributed by atoms with Gasteiger partial charge in [-0.3, -0.25) is 4.79 Å². The van der Waals surface area contributed by atoms with E-state index in [2.05, 4.69) is 15.3 Å². The maximum atomic E-state index is 14.3. The molecule has 1 aliphatic heterocycles. The number of nitrogens with zero attached hydrogens (tertiary/aromatic N) is 3. The topological polar surface area (TPSA) is 92.3 Å². The van der Waals surface area contributed by atoms with Crippen molar-refractivity contribution >= 4 is 15.9 Å². The molecule has 1 saturated carbocycles. The Morgan fingerprint density at radius 3 is 2.29 bits per heavy atom. The van der Waals surface area contributed by atoms with E-state index in [1.807, 2.05) is 0 Å². The number of sulfonamides is 1. The van der Waals surface area contributed by atoms with Crippen molar-refractivity contribution in [3.63, 3.8) is 0 Å². The standard InChI is InChI=1S/C25H21F5N4O3S/c26-19-1-3-21(4-2-19)38(36,37)34-8-6-18-5-7-24(18,34)23(35)33-12-15-9-16(11-20(27)10-15)17-13-31-22(32-14-17)25(28,29)30/h1-4,9-11,13-14,18H,5-8,12H2,(H,33,35). The molecule has 13 heteroatoms. The molecule has 1 saturated heterocycles. The van der Waals surface area contributed by atoms with Gasteiger partial charge in [0.25, 0.3) is 0 Å². The average Bonchev–Trinajstić information content (AvgIpc) is 3.13. The van der Waals surface area contributed by atoms with E-state index in [9.17, 15) is 35.2 Å². The van der Waals surface area contributed by atoms with Gasteiger partial charge in [0, 0.05) is 31.0 Å². The van der Waals surface area contributed by atoms with Gasteiger partial charge in [-0.05, 0) is 78.8 Å². The lowest BCUT2D eigenvalue weighted by molar-refractivity contribution is -0.145. The smallest absolute Gasteiger partial charge is 0.350 e. The first-order chi connectivity index (χ1) is 17.9.